The second kappa shape index (κ2) is 24.5. The van der Waals surface area contributed by atoms with Crippen LogP contribution in [0.2, 0.25) is 0 Å². The summed E-state index contributed by atoms with van der Waals surface area (Å²) in [6, 6.07) is -0.498. The summed E-state index contributed by atoms with van der Waals surface area (Å²) in [6.07, 6.45) is 11.2. The molecule has 6 N–H and O–H groups in total. The van der Waals surface area contributed by atoms with Crippen LogP contribution < -0.4 is 26.6 Å². The number of terminal acetylenes is 1. The Balaban J connectivity index is 1.20. The monoisotopic (exact) mass is 851 g/mol. The average molecular weight is 852 g/mol. The molecule has 2 fully saturated rings. The maximum Gasteiger partial charge on any atom is 0.247 e. The fourth-order valence-corrected chi connectivity index (χ4v) is 6.75. The zero-order chi connectivity index (χ0) is 43.4. The molecule has 61 heavy (non-hydrogen) atoms. The number of aromatic nitrogens is 9. The molecule has 2 amide bonds. The second-order valence-corrected chi connectivity index (χ2v) is 14.7. The molecule has 23 heteroatoms. The number of aliphatic hydroxyl groups excluding tert-OH is 1. The Hall–Kier alpha value is -5.70. The maximum absolute atomic E-state index is 14.1. The summed E-state index contributed by atoms with van der Waals surface area (Å²) in [5, 5.41) is 29.2. The van der Waals surface area contributed by atoms with E-state index >= 15 is 0 Å². The van der Waals surface area contributed by atoms with Crippen molar-refractivity contribution in [3.8, 4) is 12.3 Å². The van der Waals surface area contributed by atoms with Crippen molar-refractivity contribution in [2.75, 3.05) is 127 Å². The van der Waals surface area contributed by atoms with E-state index in [-0.39, 0.29) is 43.5 Å². The van der Waals surface area contributed by atoms with Gasteiger partial charge in [0.05, 0.1) is 44.4 Å². The van der Waals surface area contributed by atoms with Gasteiger partial charge in [-0.15, -0.1) is 16.6 Å². The largest absolute Gasteiger partial charge is 0.396 e. The van der Waals surface area contributed by atoms with Crippen LogP contribution in [0.5, 0.6) is 0 Å². The van der Waals surface area contributed by atoms with E-state index in [0.717, 1.165) is 12.1 Å². The zero-order valence-corrected chi connectivity index (χ0v) is 35.3. The van der Waals surface area contributed by atoms with Crippen molar-refractivity contribution in [2.24, 2.45) is 22.4 Å². The van der Waals surface area contributed by atoms with Gasteiger partial charge in [-0.2, -0.15) is 15.0 Å². The first kappa shape index (κ1) is 46.4. The number of aliphatic imine (C=N–C) groups is 1. The molecule has 5 rings (SSSR count). The van der Waals surface area contributed by atoms with Crippen molar-refractivity contribution < 1.29 is 28.9 Å². The van der Waals surface area contributed by atoms with Gasteiger partial charge < -0.3 is 55.7 Å². The number of nitrogens with zero attached hydrogens (tertiary/aromatic N) is 14. The van der Waals surface area contributed by atoms with E-state index in [1.165, 1.54) is 4.68 Å². The Labute approximate surface area is 356 Å². The molecule has 2 saturated heterocycles. The van der Waals surface area contributed by atoms with Gasteiger partial charge in [-0.3, -0.25) is 14.6 Å². The number of carbonyl (C=O) groups is 2. The van der Waals surface area contributed by atoms with Crippen LogP contribution >= 0.6 is 0 Å². The van der Waals surface area contributed by atoms with Gasteiger partial charge in [0.25, 0.3) is 0 Å². The lowest BCUT2D eigenvalue weighted by Gasteiger charge is -2.38. The summed E-state index contributed by atoms with van der Waals surface area (Å²) in [5.41, 5.74) is 12.3. The predicted molar refractivity (Wildman–Crippen MR) is 226 cm³/mol. The number of amides is 2. The summed E-state index contributed by atoms with van der Waals surface area (Å²) in [5.74, 6) is 3.79. The molecule has 5 heterocycles. The first-order valence-corrected chi connectivity index (χ1v) is 20.9. The van der Waals surface area contributed by atoms with Crippen molar-refractivity contribution in [1.29, 1.82) is 0 Å². The van der Waals surface area contributed by atoms with E-state index in [0.29, 0.717) is 141 Å². The summed E-state index contributed by atoms with van der Waals surface area (Å²) < 4.78 is 19.6. The van der Waals surface area contributed by atoms with Gasteiger partial charge in [-0.25, -0.2) is 9.36 Å². The predicted octanol–water partition coefficient (Wildman–Crippen LogP) is -1.82. The molecule has 0 unspecified atom stereocenters. The van der Waals surface area contributed by atoms with Crippen LogP contribution in [0.25, 0.3) is 0 Å². The van der Waals surface area contributed by atoms with Crippen LogP contribution in [0.3, 0.4) is 0 Å². The highest BCUT2D eigenvalue weighted by Gasteiger charge is 2.34. The third-order valence-electron chi connectivity index (χ3n) is 10.3. The summed E-state index contributed by atoms with van der Waals surface area (Å²) in [7, 11) is 0. The van der Waals surface area contributed by atoms with Gasteiger partial charge in [0.1, 0.15) is 19.2 Å². The molecule has 0 bridgehead atoms. The third kappa shape index (κ3) is 14.5. The molecule has 0 spiro atoms. The smallest absolute Gasteiger partial charge is 0.247 e. The number of hydrogen-bond acceptors (Lipinski definition) is 17. The highest BCUT2D eigenvalue weighted by atomic mass is 16.5. The maximum atomic E-state index is 14.1. The number of guanidine groups is 1. The summed E-state index contributed by atoms with van der Waals surface area (Å²) in [4.78, 5) is 53.5. The lowest BCUT2D eigenvalue weighted by molar-refractivity contribution is -0.137. The number of piperazine rings is 2. The number of aryl methyl sites for hydroxylation is 1. The zero-order valence-electron chi connectivity index (χ0n) is 35.3. The van der Waals surface area contributed by atoms with Gasteiger partial charge in [0.15, 0.2) is 5.96 Å². The summed E-state index contributed by atoms with van der Waals surface area (Å²) in [6.45, 7) is 11.3. The normalized spacial score (nSPS) is 15.4. The topological polar surface area (TPSA) is 272 Å². The highest BCUT2D eigenvalue weighted by Crippen LogP contribution is 2.25. The minimum absolute atomic E-state index is 0.00545. The number of nitrogens with two attached hydrogens (primary N) is 2. The van der Waals surface area contributed by atoms with E-state index < -0.39 is 6.04 Å². The first-order chi connectivity index (χ1) is 29.7. The molecule has 0 radical (unpaired) electrons. The molecular formula is C38H61N17O6. The van der Waals surface area contributed by atoms with Gasteiger partial charge in [0.2, 0.25) is 29.7 Å². The molecule has 334 valence electrons. The number of nitrogens with one attached hydrogen (secondary N) is 1. The van der Waals surface area contributed by atoms with Crippen LogP contribution in [-0.4, -0.2) is 189 Å². The van der Waals surface area contributed by atoms with Crippen molar-refractivity contribution in [2.45, 2.75) is 52.1 Å². The van der Waals surface area contributed by atoms with Gasteiger partial charge in [0, 0.05) is 90.9 Å². The lowest BCUT2D eigenvalue weighted by Crippen LogP contribution is -2.52. The number of carbonyl (C=O) groups excluding carboxylic acids is 2. The molecule has 2 aliphatic rings. The molecule has 0 saturated carbocycles. The fraction of sp³-hybridized carbons (Fsp3) is 0.684. The molecule has 0 aromatic carbocycles. The van der Waals surface area contributed by atoms with E-state index in [4.69, 9.17) is 47.1 Å². The molecule has 23 nitrogen and oxygen atoms in total. The van der Waals surface area contributed by atoms with Crippen LogP contribution in [-0.2, 0) is 43.2 Å². The molecule has 3 aromatic heterocycles. The molecular weight excluding hydrogens is 791 g/mol. The Kier molecular flexibility index (Phi) is 18.6. The Bertz CT molecular complexity index is 1860. The molecule has 0 aliphatic carbocycles. The van der Waals surface area contributed by atoms with Gasteiger partial charge in [-0.05, 0) is 18.8 Å². The number of aliphatic hydroxyl groups is 1. The van der Waals surface area contributed by atoms with Crippen molar-refractivity contribution in [3.05, 3.63) is 23.8 Å². The second-order valence-electron chi connectivity index (χ2n) is 14.7. The Morgan fingerprint density at radius 3 is 2.13 bits per heavy atom. The SMILES string of the molecule is C#CCOCCOCCOCCNc1nc(N2CCN(C(=O)Cn3cc(CCO)nn3)CC2)nc(N2CCN(C(=O)[C@H]([C@@H](C)CC)n3cc(CCCN=C(N)N)nn3)CC2)n1. The number of ether oxygens (including phenoxy) is 3. The van der Waals surface area contributed by atoms with Crippen molar-refractivity contribution in [3.63, 3.8) is 0 Å². The average Bonchev–Trinajstić information content (AvgIpc) is 3.93. The van der Waals surface area contributed by atoms with E-state index in [1.54, 1.807) is 15.8 Å². The molecule has 2 atom stereocenters. The standard InChI is InChI=1S/C38H61N17O6/c1-4-20-59-22-24-61-25-23-60-21-10-42-36-43-37(52-15-11-50(12-16-52)32(57)28-54-26-31(8-19-56)46-48-54)45-38(44-36)53-17-13-51(14-18-53)34(58)33(29(3)5-2)55-27-30(47-49-55)7-6-9-41-35(39)40/h1,26-27,29,33,56H,5-25,28H2,2-3H3,(H4,39,40,41)(H,42,43,44,45)/t29-,33-/m0/s1. The number of anilines is 3. The van der Waals surface area contributed by atoms with Crippen LogP contribution in [0.4, 0.5) is 17.8 Å². The van der Waals surface area contributed by atoms with Gasteiger partial charge >= 0.3 is 0 Å². The van der Waals surface area contributed by atoms with E-state index in [9.17, 15) is 14.7 Å². The number of hydrogen-bond donors (Lipinski definition) is 4. The van der Waals surface area contributed by atoms with Crippen molar-refractivity contribution in [1.82, 2.24) is 54.7 Å². The van der Waals surface area contributed by atoms with Crippen LogP contribution in [0, 0.1) is 18.3 Å². The van der Waals surface area contributed by atoms with Crippen LogP contribution in [0.1, 0.15) is 44.1 Å². The number of rotatable bonds is 25. The minimum atomic E-state index is -0.498. The Morgan fingerprint density at radius 2 is 1.49 bits per heavy atom. The van der Waals surface area contributed by atoms with Crippen molar-refractivity contribution >= 4 is 35.6 Å². The molecule has 2 aliphatic heterocycles. The van der Waals surface area contributed by atoms with Crippen LogP contribution in [0.15, 0.2) is 17.4 Å². The first-order valence-electron chi connectivity index (χ1n) is 20.9. The van der Waals surface area contributed by atoms with Gasteiger partial charge in [-0.1, -0.05) is 36.6 Å². The van der Waals surface area contributed by atoms with E-state index in [2.05, 4.69) is 55.6 Å². The highest BCUT2D eigenvalue weighted by molar-refractivity contribution is 5.81. The third-order valence-corrected chi connectivity index (χ3v) is 10.3. The minimum Gasteiger partial charge on any atom is -0.396 e. The Morgan fingerprint density at radius 1 is 0.869 bits per heavy atom. The molecule has 3 aromatic rings. The fourth-order valence-electron chi connectivity index (χ4n) is 6.75. The van der Waals surface area contributed by atoms with E-state index in [1.807, 2.05) is 16.0 Å². The lowest BCUT2D eigenvalue weighted by atomic mass is 9.97. The summed E-state index contributed by atoms with van der Waals surface area (Å²) >= 11 is 0. The quantitative estimate of drug-likeness (QED) is 0.0316.